The third kappa shape index (κ3) is 3.06. The number of para-hydroxylation sites is 2. The fourth-order valence-electron chi connectivity index (χ4n) is 3.65. The number of carbonyl (C=O) groups excluding carboxylic acids is 1. The van der Waals surface area contributed by atoms with Crippen LogP contribution < -0.4 is 0 Å². The summed E-state index contributed by atoms with van der Waals surface area (Å²) in [4.78, 5) is 21.7. The van der Waals surface area contributed by atoms with Gasteiger partial charge < -0.3 is 14.8 Å². The predicted octanol–water partition coefficient (Wildman–Crippen LogP) is 3.27. The number of hydrogen-bond donors (Lipinski definition) is 2. The van der Waals surface area contributed by atoms with E-state index in [1.54, 1.807) is 13.8 Å². The first kappa shape index (κ1) is 17.5. The molecule has 4 rings (SSSR count). The lowest BCUT2D eigenvalue weighted by molar-refractivity contribution is -0.135. The van der Waals surface area contributed by atoms with Crippen molar-refractivity contribution in [2.24, 2.45) is 0 Å². The number of rotatable bonds is 5. The first-order valence-electron chi connectivity index (χ1n) is 9.10. The van der Waals surface area contributed by atoms with Crippen molar-refractivity contribution in [1.82, 2.24) is 14.9 Å². The Bertz CT molecular complexity index is 934. The molecule has 0 saturated carbocycles. The number of aliphatic hydroxyl groups is 1. The molecular formula is C21H23N3O3. The quantitative estimate of drug-likeness (QED) is 0.727. The van der Waals surface area contributed by atoms with Crippen LogP contribution >= 0.6 is 0 Å². The zero-order valence-electron chi connectivity index (χ0n) is 15.5. The Labute approximate surface area is 157 Å². The van der Waals surface area contributed by atoms with Gasteiger partial charge in [0.1, 0.15) is 5.82 Å². The van der Waals surface area contributed by atoms with Crippen LogP contribution in [0.4, 0.5) is 4.79 Å². The molecule has 27 heavy (non-hydrogen) atoms. The Morgan fingerprint density at radius 1 is 1.11 bits per heavy atom. The fourth-order valence-corrected chi connectivity index (χ4v) is 3.65. The molecule has 1 fully saturated rings. The van der Waals surface area contributed by atoms with Crippen LogP contribution in [-0.2, 0) is 17.6 Å². The van der Waals surface area contributed by atoms with E-state index in [2.05, 4.69) is 9.97 Å². The molecule has 1 aliphatic rings. The second-order valence-electron chi connectivity index (χ2n) is 7.38. The Hall–Kier alpha value is -2.86. The van der Waals surface area contributed by atoms with Crippen molar-refractivity contribution in [2.45, 2.75) is 38.0 Å². The van der Waals surface area contributed by atoms with Gasteiger partial charge in [0.15, 0.2) is 11.3 Å². The van der Waals surface area contributed by atoms with Crippen molar-refractivity contribution in [1.29, 1.82) is 0 Å². The minimum absolute atomic E-state index is 0.316. The third-order valence-corrected chi connectivity index (χ3v) is 5.46. The van der Waals surface area contributed by atoms with E-state index in [1.165, 1.54) is 4.90 Å². The van der Waals surface area contributed by atoms with E-state index in [1.807, 2.05) is 54.6 Å². The topological polar surface area (TPSA) is 78.5 Å². The number of aromatic amines is 1. The summed E-state index contributed by atoms with van der Waals surface area (Å²) in [6, 6.07) is 17.5. The minimum atomic E-state index is -1.42. The molecule has 0 spiro atoms. The first-order valence-corrected chi connectivity index (χ1v) is 9.10. The van der Waals surface area contributed by atoms with E-state index in [0.717, 1.165) is 22.4 Å². The smallest absolute Gasteiger partial charge is 0.412 e. The maximum Gasteiger partial charge on any atom is 0.412 e. The number of nitrogens with zero attached hydrogens (tertiary/aromatic N) is 2. The molecule has 1 amide bonds. The maximum absolute atomic E-state index is 12.5. The molecule has 0 aliphatic carbocycles. The lowest BCUT2D eigenvalue weighted by Gasteiger charge is -2.37. The molecule has 6 nitrogen and oxygen atoms in total. The van der Waals surface area contributed by atoms with Crippen LogP contribution in [0.2, 0.25) is 0 Å². The molecule has 2 aromatic carbocycles. The van der Waals surface area contributed by atoms with Gasteiger partial charge in [-0.2, -0.15) is 0 Å². The summed E-state index contributed by atoms with van der Waals surface area (Å²) >= 11 is 0. The van der Waals surface area contributed by atoms with Crippen LogP contribution in [-0.4, -0.2) is 43.9 Å². The van der Waals surface area contributed by atoms with Crippen molar-refractivity contribution in [3.63, 3.8) is 0 Å². The zero-order valence-corrected chi connectivity index (χ0v) is 15.5. The number of carbonyl (C=O) groups is 1. The van der Waals surface area contributed by atoms with Gasteiger partial charge in [-0.05, 0) is 31.5 Å². The summed E-state index contributed by atoms with van der Waals surface area (Å²) in [5, 5.41) is 11.2. The molecule has 3 aromatic rings. The molecule has 2 N–H and O–H groups in total. The van der Waals surface area contributed by atoms with Gasteiger partial charge in [0.2, 0.25) is 0 Å². The number of fused-ring (bicyclic) bond motifs is 1. The average molecular weight is 365 g/mol. The normalized spacial score (nSPS) is 25.1. The van der Waals surface area contributed by atoms with E-state index in [-0.39, 0.29) is 0 Å². The number of amides is 1. The molecule has 140 valence electrons. The van der Waals surface area contributed by atoms with Crippen molar-refractivity contribution in [3.8, 4) is 0 Å². The molecule has 1 saturated heterocycles. The second kappa shape index (κ2) is 6.39. The number of hydrogen-bond acceptors (Lipinski definition) is 4. The molecular weight excluding hydrogens is 342 g/mol. The highest BCUT2D eigenvalue weighted by Gasteiger charge is 2.58. The molecule has 6 heteroatoms. The lowest BCUT2D eigenvalue weighted by atomic mass is 9.86. The van der Waals surface area contributed by atoms with Crippen molar-refractivity contribution in [3.05, 3.63) is 66.0 Å². The molecule has 0 bridgehead atoms. The van der Waals surface area contributed by atoms with Gasteiger partial charge in [-0.15, -0.1) is 0 Å². The van der Waals surface area contributed by atoms with E-state index >= 15 is 0 Å². The number of nitrogens with one attached hydrogen (secondary N) is 1. The number of imidazole rings is 1. The van der Waals surface area contributed by atoms with Crippen LogP contribution in [0.15, 0.2) is 54.6 Å². The highest BCUT2D eigenvalue weighted by Crippen LogP contribution is 2.39. The van der Waals surface area contributed by atoms with Gasteiger partial charge in [0.25, 0.3) is 0 Å². The highest BCUT2D eigenvalue weighted by atomic mass is 16.6. The van der Waals surface area contributed by atoms with Crippen LogP contribution in [0.5, 0.6) is 0 Å². The lowest BCUT2D eigenvalue weighted by Crippen LogP contribution is -2.56. The highest BCUT2D eigenvalue weighted by molar-refractivity contribution is 5.75. The van der Waals surface area contributed by atoms with Gasteiger partial charge in [0, 0.05) is 19.4 Å². The van der Waals surface area contributed by atoms with Crippen LogP contribution in [0.1, 0.15) is 25.2 Å². The van der Waals surface area contributed by atoms with Gasteiger partial charge in [0.05, 0.1) is 11.0 Å². The Kier molecular flexibility index (Phi) is 4.15. The van der Waals surface area contributed by atoms with Crippen molar-refractivity contribution < 1.29 is 14.6 Å². The summed E-state index contributed by atoms with van der Waals surface area (Å²) in [5.74, 6) is 0.775. The van der Waals surface area contributed by atoms with Gasteiger partial charge >= 0.3 is 6.09 Å². The van der Waals surface area contributed by atoms with Crippen LogP contribution in [0, 0.1) is 0 Å². The van der Waals surface area contributed by atoms with E-state index in [9.17, 15) is 9.90 Å². The standard InChI is InChI=1S/C21H23N3O3/c1-20(14-15-8-4-3-5-9-15)21(2,26)24(19(25)27-20)13-12-18-22-16-10-6-7-11-17(16)23-18/h3-11,26H,12-14H2,1-2H3,(H,22,23)/t20-,21-/m0/s1. The summed E-state index contributed by atoms with van der Waals surface area (Å²) in [5.41, 5.74) is 0.396. The summed E-state index contributed by atoms with van der Waals surface area (Å²) in [6.07, 6.45) is 0.434. The Morgan fingerprint density at radius 3 is 2.56 bits per heavy atom. The van der Waals surface area contributed by atoms with E-state index in [0.29, 0.717) is 19.4 Å². The van der Waals surface area contributed by atoms with Crippen molar-refractivity contribution in [2.75, 3.05) is 6.54 Å². The number of ether oxygens (including phenoxy) is 1. The van der Waals surface area contributed by atoms with E-state index < -0.39 is 17.4 Å². The van der Waals surface area contributed by atoms with Gasteiger partial charge in [-0.3, -0.25) is 4.90 Å². The van der Waals surface area contributed by atoms with Crippen molar-refractivity contribution >= 4 is 17.1 Å². The number of H-pyrrole nitrogens is 1. The Morgan fingerprint density at radius 2 is 1.81 bits per heavy atom. The van der Waals surface area contributed by atoms with Gasteiger partial charge in [-0.1, -0.05) is 42.5 Å². The number of cyclic esters (lactones) is 1. The Balaban J connectivity index is 1.51. The number of aromatic nitrogens is 2. The monoisotopic (exact) mass is 365 g/mol. The summed E-state index contributed by atoms with van der Waals surface area (Å²) in [6.45, 7) is 3.73. The van der Waals surface area contributed by atoms with Gasteiger partial charge in [-0.25, -0.2) is 9.78 Å². The fraction of sp³-hybridized carbons (Fsp3) is 0.333. The molecule has 2 atom stereocenters. The molecule has 1 aliphatic heterocycles. The summed E-state index contributed by atoms with van der Waals surface area (Å²) < 4.78 is 5.63. The summed E-state index contributed by atoms with van der Waals surface area (Å²) in [7, 11) is 0. The largest absolute Gasteiger partial charge is 0.438 e. The van der Waals surface area contributed by atoms with E-state index in [4.69, 9.17) is 4.74 Å². The minimum Gasteiger partial charge on any atom is -0.438 e. The predicted molar refractivity (Wildman–Crippen MR) is 102 cm³/mol. The third-order valence-electron chi connectivity index (χ3n) is 5.46. The molecule has 1 aromatic heterocycles. The van der Waals surface area contributed by atoms with Crippen LogP contribution in [0.25, 0.3) is 11.0 Å². The average Bonchev–Trinajstić information content (AvgIpc) is 3.11. The number of benzene rings is 2. The first-order chi connectivity index (χ1) is 12.9. The second-order valence-corrected chi connectivity index (χ2v) is 7.38. The molecule has 0 radical (unpaired) electrons. The SMILES string of the molecule is C[C@@]1(Cc2ccccc2)OC(=O)N(CCc2nc3ccccc3[nH]2)[C@@]1(C)O. The molecule has 0 unspecified atom stereocenters. The van der Waals surface area contributed by atoms with Crippen LogP contribution in [0.3, 0.4) is 0 Å². The molecule has 2 heterocycles. The zero-order chi connectivity index (χ0) is 19.1. The maximum atomic E-state index is 12.5.